The summed E-state index contributed by atoms with van der Waals surface area (Å²) < 4.78 is 12.2. The van der Waals surface area contributed by atoms with Crippen molar-refractivity contribution in [2.75, 3.05) is 20.3 Å². The topological polar surface area (TPSA) is 56.5 Å². The quantitative estimate of drug-likeness (QED) is 0.887. The lowest BCUT2D eigenvalue weighted by Gasteiger charge is -2.22. The lowest BCUT2D eigenvalue weighted by molar-refractivity contribution is 0.0380. The van der Waals surface area contributed by atoms with Gasteiger partial charge >= 0.3 is 0 Å². The summed E-state index contributed by atoms with van der Waals surface area (Å²) >= 11 is 6.12. The average molecular weight is 275 g/mol. The predicted octanol–water partition coefficient (Wildman–Crippen LogP) is 1.64. The summed E-state index contributed by atoms with van der Waals surface area (Å²) in [4.78, 5) is 0. The monoisotopic (exact) mass is 274 g/mol. The van der Waals surface area contributed by atoms with Crippen LogP contribution in [0, 0.1) is 5.92 Å². The number of halogens is 1. The van der Waals surface area contributed by atoms with E-state index < -0.39 is 6.10 Å². The second-order valence-corrected chi connectivity index (χ2v) is 4.97. The zero-order valence-corrected chi connectivity index (χ0v) is 11.4. The summed E-state index contributed by atoms with van der Waals surface area (Å²) in [6, 6.07) is 0. The van der Waals surface area contributed by atoms with Gasteiger partial charge in [-0.3, -0.25) is 4.68 Å². The minimum Gasteiger partial charge on any atom is -0.386 e. The Kier molecular flexibility index (Phi) is 4.61. The van der Waals surface area contributed by atoms with Crippen LogP contribution < -0.4 is 0 Å². The molecule has 1 saturated heterocycles. The van der Waals surface area contributed by atoms with E-state index in [2.05, 4.69) is 5.10 Å². The van der Waals surface area contributed by atoms with Crippen LogP contribution in [0.15, 0.2) is 6.20 Å². The van der Waals surface area contributed by atoms with E-state index in [0.717, 1.165) is 6.42 Å². The summed E-state index contributed by atoms with van der Waals surface area (Å²) in [6.45, 7) is 3.78. The fraction of sp³-hybridized carbons (Fsp3) is 0.750. The number of nitrogens with zero attached hydrogens (tertiary/aromatic N) is 2. The first-order valence-electron chi connectivity index (χ1n) is 6.15. The Balaban J connectivity index is 2.17. The van der Waals surface area contributed by atoms with Gasteiger partial charge in [-0.15, -0.1) is 0 Å². The molecule has 3 unspecified atom stereocenters. The average Bonchev–Trinajstić information content (AvgIpc) is 2.92. The SMILES string of the molecule is COCCn1ncc(Cl)c1C(O)C1CCOC1C. The first kappa shape index (κ1) is 13.8. The number of aliphatic hydroxyl groups excluding tert-OH is 1. The van der Waals surface area contributed by atoms with Gasteiger partial charge in [0.1, 0.15) is 6.10 Å². The van der Waals surface area contributed by atoms with E-state index in [1.807, 2.05) is 6.92 Å². The van der Waals surface area contributed by atoms with E-state index in [-0.39, 0.29) is 12.0 Å². The van der Waals surface area contributed by atoms with E-state index in [9.17, 15) is 5.11 Å². The molecular weight excluding hydrogens is 256 g/mol. The van der Waals surface area contributed by atoms with Gasteiger partial charge in [0.15, 0.2) is 0 Å². The van der Waals surface area contributed by atoms with Crippen molar-refractivity contribution >= 4 is 11.6 Å². The van der Waals surface area contributed by atoms with E-state index in [1.54, 1.807) is 18.0 Å². The van der Waals surface area contributed by atoms with Gasteiger partial charge in [0, 0.05) is 19.6 Å². The lowest BCUT2D eigenvalue weighted by atomic mass is 9.93. The van der Waals surface area contributed by atoms with Gasteiger partial charge in [0.05, 0.1) is 36.2 Å². The van der Waals surface area contributed by atoms with Gasteiger partial charge < -0.3 is 14.6 Å². The lowest BCUT2D eigenvalue weighted by Crippen LogP contribution is -2.23. The summed E-state index contributed by atoms with van der Waals surface area (Å²) in [5.74, 6) is 0.0699. The van der Waals surface area contributed by atoms with Crippen molar-refractivity contribution in [1.82, 2.24) is 9.78 Å². The third-order valence-electron chi connectivity index (χ3n) is 3.46. The molecule has 0 aromatic carbocycles. The number of ether oxygens (including phenoxy) is 2. The molecular formula is C12H19ClN2O3. The highest BCUT2D eigenvalue weighted by Crippen LogP contribution is 2.35. The van der Waals surface area contributed by atoms with E-state index in [1.165, 1.54) is 0 Å². The molecule has 0 amide bonds. The maximum Gasteiger partial charge on any atom is 0.102 e. The van der Waals surface area contributed by atoms with Crippen LogP contribution in [0.2, 0.25) is 5.02 Å². The molecule has 6 heteroatoms. The molecule has 3 atom stereocenters. The van der Waals surface area contributed by atoms with Crippen LogP contribution in [0.1, 0.15) is 25.1 Å². The van der Waals surface area contributed by atoms with Gasteiger partial charge in [-0.1, -0.05) is 11.6 Å². The Hall–Kier alpha value is -0.620. The summed E-state index contributed by atoms with van der Waals surface area (Å²) in [5.41, 5.74) is 0.663. The van der Waals surface area contributed by atoms with Crippen LogP contribution in [-0.4, -0.2) is 41.3 Å². The number of aliphatic hydroxyl groups is 1. The highest BCUT2D eigenvalue weighted by molar-refractivity contribution is 6.31. The largest absolute Gasteiger partial charge is 0.386 e. The molecule has 1 aliphatic rings. The number of aromatic nitrogens is 2. The Labute approximate surface area is 112 Å². The molecule has 102 valence electrons. The zero-order valence-electron chi connectivity index (χ0n) is 10.7. The molecule has 1 N–H and O–H groups in total. The molecule has 0 saturated carbocycles. The van der Waals surface area contributed by atoms with Gasteiger partial charge in [0.25, 0.3) is 0 Å². The predicted molar refractivity (Wildman–Crippen MR) is 67.6 cm³/mol. The first-order chi connectivity index (χ1) is 8.65. The Morgan fingerprint density at radius 1 is 1.72 bits per heavy atom. The molecule has 18 heavy (non-hydrogen) atoms. The highest BCUT2D eigenvalue weighted by atomic mass is 35.5. The number of hydrogen-bond acceptors (Lipinski definition) is 4. The van der Waals surface area contributed by atoms with Crippen LogP contribution in [0.25, 0.3) is 0 Å². The molecule has 2 rings (SSSR count). The Morgan fingerprint density at radius 3 is 3.11 bits per heavy atom. The molecule has 1 aromatic rings. The number of rotatable bonds is 5. The van der Waals surface area contributed by atoms with Crippen LogP contribution in [0.3, 0.4) is 0 Å². The second kappa shape index (κ2) is 6.02. The van der Waals surface area contributed by atoms with Crippen LogP contribution >= 0.6 is 11.6 Å². The molecule has 2 heterocycles. The normalized spacial score (nSPS) is 25.6. The Bertz CT molecular complexity index is 397. The molecule has 1 aliphatic heterocycles. The van der Waals surface area contributed by atoms with Crippen molar-refractivity contribution < 1.29 is 14.6 Å². The summed E-state index contributed by atoms with van der Waals surface area (Å²) in [7, 11) is 1.63. The van der Waals surface area contributed by atoms with Crippen LogP contribution in [-0.2, 0) is 16.0 Å². The molecule has 0 bridgehead atoms. The van der Waals surface area contributed by atoms with E-state index in [0.29, 0.717) is 30.5 Å². The van der Waals surface area contributed by atoms with Crippen molar-refractivity contribution in [3.05, 3.63) is 16.9 Å². The maximum atomic E-state index is 10.5. The van der Waals surface area contributed by atoms with Crippen molar-refractivity contribution in [2.45, 2.75) is 32.1 Å². The smallest absolute Gasteiger partial charge is 0.102 e. The number of hydrogen-bond donors (Lipinski definition) is 1. The van der Waals surface area contributed by atoms with E-state index >= 15 is 0 Å². The Morgan fingerprint density at radius 2 is 2.50 bits per heavy atom. The second-order valence-electron chi connectivity index (χ2n) is 4.57. The minimum atomic E-state index is -0.644. The van der Waals surface area contributed by atoms with Crippen molar-refractivity contribution in [3.8, 4) is 0 Å². The van der Waals surface area contributed by atoms with E-state index in [4.69, 9.17) is 21.1 Å². The number of methoxy groups -OCH3 is 1. The first-order valence-corrected chi connectivity index (χ1v) is 6.52. The van der Waals surface area contributed by atoms with Gasteiger partial charge in [-0.25, -0.2) is 0 Å². The van der Waals surface area contributed by atoms with Crippen LogP contribution in [0.4, 0.5) is 0 Å². The summed E-state index contributed by atoms with van der Waals surface area (Å²) in [5, 5.41) is 15.1. The molecule has 1 fully saturated rings. The fourth-order valence-electron chi connectivity index (χ4n) is 2.39. The van der Waals surface area contributed by atoms with Crippen molar-refractivity contribution in [2.24, 2.45) is 5.92 Å². The third-order valence-corrected chi connectivity index (χ3v) is 3.75. The van der Waals surface area contributed by atoms with Crippen molar-refractivity contribution in [3.63, 3.8) is 0 Å². The fourth-order valence-corrected chi connectivity index (χ4v) is 2.64. The van der Waals surface area contributed by atoms with Crippen LogP contribution in [0.5, 0.6) is 0 Å². The molecule has 5 nitrogen and oxygen atoms in total. The standard InChI is InChI=1S/C12H19ClN2O3/c1-8-9(3-5-18-8)12(16)11-10(13)7-14-15(11)4-6-17-2/h7-9,12,16H,3-6H2,1-2H3. The van der Waals surface area contributed by atoms with Gasteiger partial charge in [0.2, 0.25) is 0 Å². The summed E-state index contributed by atoms with van der Waals surface area (Å²) in [6.07, 6.45) is 1.81. The van der Waals surface area contributed by atoms with Gasteiger partial charge in [-0.05, 0) is 13.3 Å². The minimum absolute atomic E-state index is 0.0434. The van der Waals surface area contributed by atoms with Crippen molar-refractivity contribution in [1.29, 1.82) is 0 Å². The highest BCUT2D eigenvalue weighted by Gasteiger charge is 2.34. The maximum absolute atomic E-state index is 10.5. The van der Waals surface area contributed by atoms with Gasteiger partial charge in [-0.2, -0.15) is 5.10 Å². The molecule has 0 radical (unpaired) electrons. The zero-order chi connectivity index (χ0) is 13.1. The third kappa shape index (κ3) is 2.69. The molecule has 0 aliphatic carbocycles. The molecule has 0 spiro atoms. The molecule has 1 aromatic heterocycles.